The molecule has 0 bridgehead atoms. The van der Waals surface area contributed by atoms with Crippen molar-refractivity contribution >= 4 is 18.0 Å². The Kier molecular flexibility index (Phi) is 7.67. The lowest BCUT2D eigenvalue weighted by Gasteiger charge is -2.32. The van der Waals surface area contributed by atoms with Crippen molar-refractivity contribution < 1.29 is 28.9 Å². The van der Waals surface area contributed by atoms with E-state index in [0.717, 1.165) is 5.56 Å². The fourth-order valence-electron chi connectivity index (χ4n) is 2.93. The van der Waals surface area contributed by atoms with Crippen LogP contribution in [-0.2, 0) is 14.3 Å². The van der Waals surface area contributed by atoms with E-state index in [1.807, 2.05) is 19.9 Å². The van der Waals surface area contributed by atoms with Gasteiger partial charge in [0.25, 0.3) is 0 Å². The molecule has 1 saturated heterocycles. The van der Waals surface area contributed by atoms with Crippen LogP contribution in [0.4, 0.5) is 0 Å². The van der Waals surface area contributed by atoms with Gasteiger partial charge in [-0.1, -0.05) is 6.07 Å². The van der Waals surface area contributed by atoms with Gasteiger partial charge in [0.2, 0.25) is 5.91 Å². The standard InChI is InChI=1S/C20H27NO6/c1-14(2)27-17-6-4-15(12-18(17)25-3)5-7-19(22)21(13-20(23)24)16-8-10-26-11-9-16/h4-7,12,14,16H,8-11,13H2,1-3H3,(H,23,24). The van der Waals surface area contributed by atoms with Crippen LogP contribution in [0, 0.1) is 0 Å². The molecule has 1 fully saturated rings. The zero-order chi connectivity index (χ0) is 19.8. The maximum atomic E-state index is 12.6. The minimum absolute atomic E-state index is 0.0194. The minimum atomic E-state index is -1.03. The van der Waals surface area contributed by atoms with Crippen LogP contribution in [-0.4, -0.2) is 60.9 Å². The summed E-state index contributed by atoms with van der Waals surface area (Å²) in [6, 6.07) is 5.26. The van der Waals surface area contributed by atoms with Crippen molar-refractivity contribution in [2.24, 2.45) is 0 Å². The molecule has 0 unspecified atom stereocenters. The lowest BCUT2D eigenvalue weighted by atomic mass is 10.1. The van der Waals surface area contributed by atoms with Gasteiger partial charge >= 0.3 is 5.97 Å². The van der Waals surface area contributed by atoms with Crippen LogP contribution in [0.1, 0.15) is 32.3 Å². The number of hydrogen-bond acceptors (Lipinski definition) is 5. The molecule has 1 amide bonds. The predicted molar refractivity (Wildman–Crippen MR) is 101 cm³/mol. The fraction of sp³-hybridized carbons (Fsp3) is 0.500. The van der Waals surface area contributed by atoms with Crippen LogP contribution in [0.5, 0.6) is 11.5 Å². The molecule has 2 rings (SSSR count). The molecule has 0 aromatic heterocycles. The zero-order valence-corrected chi connectivity index (χ0v) is 16.0. The predicted octanol–water partition coefficient (Wildman–Crippen LogP) is 2.59. The second-order valence-electron chi connectivity index (χ2n) is 6.61. The van der Waals surface area contributed by atoms with Crippen molar-refractivity contribution in [3.05, 3.63) is 29.8 Å². The molecule has 27 heavy (non-hydrogen) atoms. The molecule has 1 aliphatic heterocycles. The van der Waals surface area contributed by atoms with Gasteiger partial charge in [-0.15, -0.1) is 0 Å². The van der Waals surface area contributed by atoms with E-state index in [9.17, 15) is 9.59 Å². The van der Waals surface area contributed by atoms with E-state index in [4.69, 9.17) is 19.3 Å². The van der Waals surface area contributed by atoms with E-state index in [-0.39, 0.29) is 24.6 Å². The van der Waals surface area contributed by atoms with Gasteiger partial charge in [-0.2, -0.15) is 0 Å². The zero-order valence-electron chi connectivity index (χ0n) is 16.0. The van der Waals surface area contributed by atoms with E-state index >= 15 is 0 Å². The van der Waals surface area contributed by atoms with E-state index in [2.05, 4.69) is 0 Å². The van der Waals surface area contributed by atoms with Crippen LogP contribution in [0.3, 0.4) is 0 Å². The second kappa shape index (κ2) is 9.97. The van der Waals surface area contributed by atoms with Gasteiger partial charge < -0.3 is 24.2 Å². The Hall–Kier alpha value is -2.54. The summed E-state index contributed by atoms with van der Waals surface area (Å²) in [5.41, 5.74) is 0.763. The quantitative estimate of drug-likeness (QED) is 0.701. The van der Waals surface area contributed by atoms with Crippen molar-refractivity contribution in [1.29, 1.82) is 0 Å². The average molecular weight is 377 g/mol. The Bertz CT molecular complexity index is 679. The number of hydrogen-bond donors (Lipinski definition) is 1. The Labute approximate surface area is 159 Å². The molecule has 0 radical (unpaired) electrons. The minimum Gasteiger partial charge on any atom is -0.493 e. The largest absolute Gasteiger partial charge is 0.493 e. The van der Waals surface area contributed by atoms with Crippen LogP contribution in [0.15, 0.2) is 24.3 Å². The summed E-state index contributed by atoms with van der Waals surface area (Å²) >= 11 is 0. The first kappa shape index (κ1) is 20.8. The molecule has 1 N–H and O–H groups in total. The number of methoxy groups -OCH3 is 1. The molecule has 1 aromatic rings. The summed E-state index contributed by atoms with van der Waals surface area (Å²) < 4.78 is 16.3. The summed E-state index contributed by atoms with van der Waals surface area (Å²) in [5.74, 6) is -0.151. The van der Waals surface area contributed by atoms with Gasteiger partial charge in [0.1, 0.15) is 6.54 Å². The lowest BCUT2D eigenvalue weighted by molar-refractivity contribution is -0.145. The summed E-state index contributed by atoms with van der Waals surface area (Å²) in [6.07, 6.45) is 4.35. The molecular weight excluding hydrogens is 350 g/mol. The number of nitrogens with zero attached hydrogens (tertiary/aromatic N) is 1. The van der Waals surface area contributed by atoms with Crippen molar-refractivity contribution in [2.75, 3.05) is 26.9 Å². The summed E-state index contributed by atoms with van der Waals surface area (Å²) in [5, 5.41) is 9.14. The first-order valence-electron chi connectivity index (χ1n) is 9.03. The number of ether oxygens (including phenoxy) is 3. The maximum absolute atomic E-state index is 12.6. The Morgan fingerprint density at radius 1 is 1.30 bits per heavy atom. The number of carboxylic acid groups (broad SMARTS) is 1. The normalized spacial score (nSPS) is 15.1. The van der Waals surface area contributed by atoms with Crippen LogP contribution < -0.4 is 9.47 Å². The number of carbonyl (C=O) groups excluding carboxylic acids is 1. The molecule has 1 aromatic carbocycles. The highest BCUT2D eigenvalue weighted by molar-refractivity contribution is 5.93. The van der Waals surface area contributed by atoms with Gasteiger partial charge in [0, 0.05) is 25.3 Å². The van der Waals surface area contributed by atoms with Gasteiger partial charge in [-0.3, -0.25) is 9.59 Å². The molecule has 1 heterocycles. The van der Waals surface area contributed by atoms with Gasteiger partial charge in [0.05, 0.1) is 13.2 Å². The number of carboxylic acids is 1. The third-order valence-electron chi connectivity index (χ3n) is 4.19. The smallest absolute Gasteiger partial charge is 0.323 e. The molecule has 0 atom stereocenters. The Morgan fingerprint density at radius 2 is 2.00 bits per heavy atom. The van der Waals surface area contributed by atoms with E-state index in [1.165, 1.54) is 11.0 Å². The number of amides is 1. The molecule has 0 aliphatic carbocycles. The SMILES string of the molecule is COc1cc(C=CC(=O)N(CC(=O)O)C2CCOCC2)ccc1OC(C)C. The summed E-state index contributed by atoms with van der Waals surface area (Å²) in [6.45, 7) is 4.61. The highest BCUT2D eigenvalue weighted by Gasteiger charge is 2.26. The topological polar surface area (TPSA) is 85.3 Å². The second-order valence-corrected chi connectivity index (χ2v) is 6.61. The third-order valence-corrected chi connectivity index (χ3v) is 4.19. The third kappa shape index (κ3) is 6.29. The number of aliphatic carboxylic acids is 1. The van der Waals surface area contributed by atoms with E-state index < -0.39 is 5.97 Å². The highest BCUT2D eigenvalue weighted by atomic mass is 16.5. The van der Waals surface area contributed by atoms with Crippen molar-refractivity contribution in [1.82, 2.24) is 4.90 Å². The van der Waals surface area contributed by atoms with Crippen molar-refractivity contribution in [2.45, 2.75) is 38.8 Å². The molecule has 0 saturated carbocycles. The Morgan fingerprint density at radius 3 is 2.59 bits per heavy atom. The lowest BCUT2D eigenvalue weighted by Crippen LogP contribution is -2.45. The number of benzene rings is 1. The van der Waals surface area contributed by atoms with Crippen LogP contribution >= 0.6 is 0 Å². The summed E-state index contributed by atoms with van der Waals surface area (Å²) in [7, 11) is 1.56. The molecule has 0 spiro atoms. The first-order valence-corrected chi connectivity index (χ1v) is 9.03. The van der Waals surface area contributed by atoms with E-state index in [1.54, 1.807) is 25.3 Å². The molecule has 7 nitrogen and oxygen atoms in total. The average Bonchev–Trinajstić information content (AvgIpc) is 2.65. The molecule has 1 aliphatic rings. The monoisotopic (exact) mass is 377 g/mol. The van der Waals surface area contributed by atoms with Gasteiger partial charge in [0.15, 0.2) is 11.5 Å². The molecule has 148 valence electrons. The molecule has 7 heteroatoms. The fourth-order valence-corrected chi connectivity index (χ4v) is 2.93. The summed E-state index contributed by atoms with van der Waals surface area (Å²) in [4.78, 5) is 25.2. The maximum Gasteiger partial charge on any atom is 0.323 e. The van der Waals surface area contributed by atoms with Crippen molar-refractivity contribution in [3.63, 3.8) is 0 Å². The Balaban J connectivity index is 2.13. The molecular formula is C20H27NO6. The first-order chi connectivity index (χ1) is 12.9. The highest BCUT2D eigenvalue weighted by Crippen LogP contribution is 2.29. The number of carbonyl (C=O) groups is 2. The van der Waals surface area contributed by atoms with Gasteiger partial charge in [-0.25, -0.2) is 0 Å². The van der Waals surface area contributed by atoms with Crippen molar-refractivity contribution in [3.8, 4) is 11.5 Å². The van der Waals surface area contributed by atoms with E-state index in [0.29, 0.717) is 37.6 Å². The van der Waals surface area contributed by atoms with Gasteiger partial charge in [-0.05, 0) is 50.5 Å². The number of rotatable bonds is 8. The van der Waals surface area contributed by atoms with Crippen LogP contribution in [0.2, 0.25) is 0 Å². The van der Waals surface area contributed by atoms with Crippen LogP contribution in [0.25, 0.3) is 6.08 Å².